The lowest BCUT2D eigenvalue weighted by molar-refractivity contribution is -0.146. The minimum absolute atomic E-state index is 0.148. The summed E-state index contributed by atoms with van der Waals surface area (Å²) in [5.41, 5.74) is 1.79. The van der Waals surface area contributed by atoms with Crippen LogP contribution in [0.1, 0.15) is 47.0 Å². The number of nitrogens with zero attached hydrogens (tertiary/aromatic N) is 1. The van der Waals surface area contributed by atoms with Gasteiger partial charge in [0.05, 0.1) is 0 Å². The number of fused-ring (bicyclic) bond motifs is 2. The summed E-state index contributed by atoms with van der Waals surface area (Å²) in [6, 6.07) is -0.586. The van der Waals surface area contributed by atoms with E-state index in [1.165, 1.54) is 25.8 Å². The van der Waals surface area contributed by atoms with Gasteiger partial charge in [-0.3, -0.25) is 15.0 Å². The molecule has 0 saturated carbocycles. The van der Waals surface area contributed by atoms with Gasteiger partial charge in [-0.15, -0.1) is 4.41 Å². The van der Waals surface area contributed by atoms with Gasteiger partial charge in [0.25, 0.3) is 11.8 Å². The van der Waals surface area contributed by atoms with E-state index >= 15 is 0 Å². The highest BCUT2D eigenvalue weighted by molar-refractivity contribution is 8.01. The third-order valence-corrected chi connectivity index (χ3v) is 6.11. The number of carbonyl (C=O) groups excluding carboxylic acids is 2. The summed E-state index contributed by atoms with van der Waals surface area (Å²) in [4.78, 5) is 37.2. The molecule has 0 aromatic heterocycles. The third-order valence-electron chi connectivity index (χ3n) is 4.98. The van der Waals surface area contributed by atoms with Gasteiger partial charge in [-0.2, -0.15) is 0 Å². The summed E-state index contributed by atoms with van der Waals surface area (Å²) in [7, 11) is 0. The molecule has 9 heteroatoms. The molecule has 2 amide bonds. The molecule has 3 aliphatic rings. The average Bonchev–Trinajstić information content (AvgIpc) is 2.81. The number of carbonyl (C=O) groups is 3. The van der Waals surface area contributed by atoms with E-state index in [9.17, 15) is 19.5 Å². The van der Waals surface area contributed by atoms with Gasteiger partial charge in [-0.05, 0) is 56.0 Å². The van der Waals surface area contributed by atoms with Crippen molar-refractivity contribution in [3.63, 3.8) is 0 Å². The largest absolute Gasteiger partial charge is 0.509 e. The van der Waals surface area contributed by atoms with Gasteiger partial charge in [0, 0.05) is 4.91 Å². The van der Waals surface area contributed by atoms with Crippen molar-refractivity contribution in [2.45, 2.75) is 58.5 Å². The molecular formula is C17H23N3O5S. The van der Waals surface area contributed by atoms with Crippen molar-refractivity contribution in [2.75, 3.05) is 0 Å². The van der Waals surface area contributed by atoms with Gasteiger partial charge in [0.15, 0.2) is 0 Å². The zero-order valence-electron chi connectivity index (χ0n) is 15.2. The molecular weight excluding hydrogens is 358 g/mol. The fourth-order valence-electron chi connectivity index (χ4n) is 3.33. The van der Waals surface area contributed by atoms with Crippen LogP contribution < -0.4 is 10.7 Å². The van der Waals surface area contributed by atoms with Crippen LogP contribution in [0.3, 0.4) is 0 Å². The normalized spacial score (nSPS) is 25.5. The molecule has 0 aromatic carbocycles. The molecule has 0 aromatic rings. The van der Waals surface area contributed by atoms with E-state index in [-0.39, 0.29) is 11.2 Å². The maximum Gasteiger partial charge on any atom is 0.328 e. The van der Waals surface area contributed by atoms with Crippen LogP contribution in [-0.2, 0) is 14.4 Å². The third kappa shape index (κ3) is 3.09. The Bertz CT molecular complexity index is 768. The van der Waals surface area contributed by atoms with Crippen molar-refractivity contribution < 1.29 is 24.6 Å². The number of allylic oxidation sites excluding steroid dienone is 1. The van der Waals surface area contributed by atoms with Crippen molar-refractivity contribution in [3.05, 3.63) is 21.8 Å². The van der Waals surface area contributed by atoms with Crippen LogP contribution in [0, 0.1) is 5.41 Å². The first-order valence-corrected chi connectivity index (χ1v) is 9.19. The standard InChI is InChI=1S/C17H23N3O5S/c1-16(2)6-5-8-9(7-16)26-20-11(8)12(21)10(14(23)19-20)13(22)18-17(3,4)15(24)25/h11,21H,5-7H2,1-4H3,(H,18,22)(H,19,23)(H,24,25). The molecule has 0 bridgehead atoms. The maximum absolute atomic E-state index is 12.5. The Labute approximate surface area is 155 Å². The fraction of sp³-hybridized carbons (Fsp3) is 0.588. The predicted octanol–water partition coefficient (Wildman–Crippen LogP) is 1.62. The highest BCUT2D eigenvalue weighted by atomic mass is 32.2. The summed E-state index contributed by atoms with van der Waals surface area (Å²) in [5.74, 6) is -3.21. The van der Waals surface area contributed by atoms with Crippen LogP contribution in [-0.4, -0.2) is 44.0 Å². The molecule has 3 rings (SSSR count). The molecule has 4 N–H and O–H groups in total. The number of carboxylic acids is 1. The first-order valence-electron chi connectivity index (χ1n) is 8.42. The first kappa shape index (κ1) is 18.8. The second kappa shape index (κ2) is 6.02. The molecule has 142 valence electrons. The number of amides is 2. The van der Waals surface area contributed by atoms with Crippen molar-refractivity contribution in [1.82, 2.24) is 15.2 Å². The van der Waals surface area contributed by atoms with E-state index in [0.29, 0.717) is 0 Å². The zero-order valence-corrected chi connectivity index (χ0v) is 16.0. The van der Waals surface area contributed by atoms with Gasteiger partial charge in [-0.25, -0.2) is 4.79 Å². The Kier molecular flexibility index (Phi) is 4.35. The number of hydrogen-bond acceptors (Lipinski definition) is 6. The summed E-state index contributed by atoms with van der Waals surface area (Å²) < 4.78 is 1.57. The van der Waals surface area contributed by atoms with Crippen LogP contribution >= 0.6 is 11.9 Å². The highest BCUT2D eigenvalue weighted by Crippen LogP contribution is 2.52. The van der Waals surface area contributed by atoms with Crippen LogP contribution in [0.25, 0.3) is 0 Å². The molecule has 0 radical (unpaired) electrons. The smallest absolute Gasteiger partial charge is 0.328 e. The summed E-state index contributed by atoms with van der Waals surface area (Å²) in [6.45, 7) is 6.98. The van der Waals surface area contributed by atoms with Crippen LogP contribution in [0.5, 0.6) is 0 Å². The van der Waals surface area contributed by atoms with E-state index < -0.39 is 34.9 Å². The summed E-state index contributed by atoms with van der Waals surface area (Å²) in [5, 5.41) is 22.2. The number of aliphatic hydroxyl groups is 1. The number of nitrogens with one attached hydrogen (secondary N) is 2. The lowest BCUT2D eigenvalue weighted by atomic mass is 9.76. The molecule has 8 nitrogen and oxygen atoms in total. The molecule has 0 saturated heterocycles. The summed E-state index contributed by atoms with van der Waals surface area (Å²) >= 11 is 1.38. The summed E-state index contributed by atoms with van der Waals surface area (Å²) in [6.07, 6.45) is 2.56. The fourth-order valence-corrected chi connectivity index (χ4v) is 4.82. The van der Waals surface area contributed by atoms with Crippen molar-refractivity contribution >= 4 is 29.7 Å². The first-order chi connectivity index (χ1) is 11.9. The van der Waals surface area contributed by atoms with E-state index in [0.717, 1.165) is 29.7 Å². The number of hydrogen-bond donors (Lipinski definition) is 4. The predicted molar refractivity (Wildman–Crippen MR) is 95.5 cm³/mol. The van der Waals surface area contributed by atoms with Crippen molar-refractivity contribution in [2.24, 2.45) is 5.41 Å². The van der Waals surface area contributed by atoms with Crippen LogP contribution in [0.4, 0.5) is 0 Å². The van der Waals surface area contributed by atoms with E-state index in [1.54, 1.807) is 4.41 Å². The second-order valence-corrected chi connectivity index (χ2v) is 9.26. The van der Waals surface area contributed by atoms with E-state index in [2.05, 4.69) is 24.6 Å². The molecule has 0 spiro atoms. The Morgan fingerprint density at radius 3 is 2.65 bits per heavy atom. The monoisotopic (exact) mass is 381 g/mol. The minimum atomic E-state index is -1.56. The van der Waals surface area contributed by atoms with Gasteiger partial charge < -0.3 is 15.5 Å². The van der Waals surface area contributed by atoms with Gasteiger partial charge in [0.1, 0.15) is 22.9 Å². The Morgan fingerprint density at radius 2 is 2.04 bits per heavy atom. The molecule has 1 unspecified atom stereocenters. The lowest BCUT2D eigenvalue weighted by Gasteiger charge is -2.33. The minimum Gasteiger partial charge on any atom is -0.509 e. The van der Waals surface area contributed by atoms with Gasteiger partial charge in [-0.1, -0.05) is 13.8 Å². The van der Waals surface area contributed by atoms with Crippen molar-refractivity contribution in [1.29, 1.82) is 0 Å². The Balaban J connectivity index is 1.93. The number of hydrazine groups is 1. The Morgan fingerprint density at radius 1 is 1.38 bits per heavy atom. The number of carboxylic acid groups (broad SMARTS) is 1. The van der Waals surface area contributed by atoms with Crippen molar-refractivity contribution in [3.8, 4) is 0 Å². The van der Waals surface area contributed by atoms with Gasteiger partial charge >= 0.3 is 5.97 Å². The SMILES string of the molecule is CC1(C)CCC2=C(C1)SN1NC(=O)C(C(=O)NC(C)(C)C(=O)O)=C(O)C21. The van der Waals surface area contributed by atoms with E-state index in [4.69, 9.17) is 5.11 Å². The molecule has 2 heterocycles. The van der Waals surface area contributed by atoms with E-state index in [1.807, 2.05) is 0 Å². The van der Waals surface area contributed by atoms with Crippen LogP contribution in [0.2, 0.25) is 0 Å². The quantitative estimate of drug-likeness (QED) is 0.433. The topological polar surface area (TPSA) is 119 Å². The number of aliphatic hydroxyl groups excluding tert-OH is 1. The average molecular weight is 381 g/mol. The number of rotatable bonds is 3. The maximum atomic E-state index is 12.5. The molecule has 1 aliphatic carbocycles. The second-order valence-electron chi connectivity index (χ2n) is 8.19. The highest BCUT2D eigenvalue weighted by Gasteiger charge is 2.48. The molecule has 2 aliphatic heterocycles. The van der Waals surface area contributed by atoms with Gasteiger partial charge in [0.2, 0.25) is 0 Å². The number of aliphatic carboxylic acids is 1. The Hall–Kier alpha value is -2.00. The molecule has 0 fully saturated rings. The molecule has 26 heavy (non-hydrogen) atoms. The molecule has 1 atom stereocenters. The van der Waals surface area contributed by atoms with Crippen LogP contribution in [0.15, 0.2) is 21.8 Å². The lowest BCUT2D eigenvalue weighted by Crippen LogP contribution is -2.55. The zero-order chi connectivity index (χ0) is 19.4.